The van der Waals surface area contributed by atoms with Crippen molar-refractivity contribution in [2.45, 2.75) is 76.5 Å². The van der Waals surface area contributed by atoms with E-state index in [1.807, 2.05) is 13.0 Å². The molecule has 4 aliphatic heterocycles. The number of ether oxygens (including phenoxy) is 5. The maximum Gasteiger partial charge on any atom is 0.201 e. The van der Waals surface area contributed by atoms with E-state index in [1.54, 1.807) is 26.4 Å². The van der Waals surface area contributed by atoms with Crippen molar-refractivity contribution < 1.29 is 33.5 Å². The summed E-state index contributed by atoms with van der Waals surface area (Å²) in [6.45, 7) is 6.29. The Hall–Kier alpha value is -1.89. The summed E-state index contributed by atoms with van der Waals surface area (Å²) in [6, 6.07) is 7.61. The van der Waals surface area contributed by atoms with Crippen molar-refractivity contribution in [1.29, 1.82) is 5.26 Å². The molecule has 4 heterocycles. The van der Waals surface area contributed by atoms with Crippen LogP contribution in [0.5, 0.6) is 11.5 Å². The zero-order valence-electron chi connectivity index (χ0n) is 19.9. The van der Waals surface area contributed by atoms with Gasteiger partial charge in [-0.3, -0.25) is 0 Å². The van der Waals surface area contributed by atoms with Gasteiger partial charge in [0.15, 0.2) is 35.8 Å². The third-order valence-electron chi connectivity index (χ3n) is 8.19. The number of hydrogen-bond acceptors (Lipinski definition) is 8. The summed E-state index contributed by atoms with van der Waals surface area (Å²) >= 11 is 0. The fourth-order valence-corrected chi connectivity index (χ4v) is 6.36. The summed E-state index contributed by atoms with van der Waals surface area (Å²) in [4.78, 5) is 12.0. The maximum absolute atomic E-state index is 9.94. The fraction of sp³-hybridized carbons (Fsp3) is 0.720. The lowest BCUT2D eigenvalue weighted by Crippen LogP contribution is -2.70. The Balaban J connectivity index is 1.44. The molecule has 1 aromatic carbocycles. The highest BCUT2D eigenvalue weighted by Gasteiger charge is 2.69. The first-order chi connectivity index (χ1) is 15.8. The number of rotatable bonds is 5. The quantitative estimate of drug-likeness (QED) is 0.595. The van der Waals surface area contributed by atoms with Gasteiger partial charge in [-0.1, -0.05) is 19.9 Å². The standard InChI is InChI=1S/C25H33NO7/c1-14-6-8-18-15(2)22(29-21(13-26)16-7-9-19(27-4)20(12-16)28-5)30-23-25(18)17(14)10-11-24(3,31-23)32-33-25/h7,9,12,14-15,17-18,21-23H,6,8,10-11H2,1-5H3/t14-,15-,17+,18?,21?,22?,23-,24-,25?/m1/s1. The molecule has 5 fully saturated rings. The minimum Gasteiger partial charge on any atom is -0.493 e. The number of nitrogens with zero attached hydrogens (tertiary/aromatic N) is 1. The molecule has 0 N–H and O–H groups in total. The summed E-state index contributed by atoms with van der Waals surface area (Å²) in [7, 11) is 3.14. The van der Waals surface area contributed by atoms with Crippen LogP contribution in [0, 0.1) is 35.0 Å². The van der Waals surface area contributed by atoms with Gasteiger partial charge in [-0.25, -0.2) is 9.78 Å². The summed E-state index contributed by atoms with van der Waals surface area (Å²) < 4.78 is 29.9. The molecule has 4 saturated heterocycles. The number of nitriles is 1. The molecule has 2 bridgehead atoms. The lowest BCUT2D eigenvalue weighted by molar-refractivity contribution is -0.578. The number of fused-ring (bicyclic) bond motifs is 2. The number of methoxy groups -OCH3 is 2. The van der Waals surface area contributed by atoms with Gasteiger partial charge in [0.25, 0.3) is 0 Å². The number of benzene rings is 1. The second-order valence-corrected chi connectivity index (χ2v) is 10.0. The third kappa shape index (κ3) is 3.53. The van der Waals surface area contributed by atoms with Gasteiger partial charge in [-0.05, 0) is 55.7 Å². The van der Waals surface area contributed by atoms with Crippen molar-refractivity contribution in [3.05, 3.63) is 23.8 Å². The second kappa shape index (κ2) is 8.40. The van der Waals surface area contributed by atoms with Gasteiger partial charge in [-0.2, -0.15) is 5.26 Å². The van der Waals surface area contributed by atoms with E-state index >= 15 is 0 Å². The third-order valence-corrected chi connectivity index (χ3v) is 8.19. The molecule has 8 heteroatoms. The van der Waals surface area contributed by atoms with Crippen molar-refractivity contribution in [3.8, 4) is 17.6 Å². The fourth-order valence-electron chi connectivity index (χ4n) is 6.36. The molecule has 4 unspecified atom stereocenters. The Bertz CT molecular complexity index is 934. The van der Waals surface area contributed by atoms with E-state index in [9.17, 15) is 5.26 Å². The molecule has 0 aromatic heterocycles. The molecule has 1 aliphatic carbocycles. The highest BCUT2D eigenvalue weighted by Crippen LogP contribution is 2.60. The minimum atomic E-state index is -0.847. The predicted octanol–water partition coefficient (Wildman–Crippen LogP) is 4.49. The van der Waals surface area contributed by atoms with E-state index < -0.39 is 30.1 Å². The highest BCUT2D eigenvalue weighted by molar-refractivity contribution is 5.44. The first-order valence-corrected chi connectivity index (χ1v) is 11.8. The molecule has 1 spiro atoms. The van der Waals surface area contributed by atoms with Gasteiger partial charge in [-0.15, -0.1) is 0 Å². The Kier molecular flexibility index (Phi) is 5.82. The van der Waals surface area contributed by atoms with Gasteiger partial charge in [0.2, 0.25) is 5.79 Å². The Morgan fingerprint density at radius 2 is 1.85 bits per heavy atom. The van der Waals surface area contributed by atoms with E-state index in [1.165, 1.54) is 0 Å². The van der Waals surface area contributed by atoms with E-state index in [4.69, 9.17) is 33.5 Å². The molecule has 5 aliphatic rings. The van der Waals surface area contributed by atoms with Crippen LogP contribution in [0.1, 0.15) is 58.1 Å². The van der Waals surface area contributed by atoms with E-state index in [0.29, 0.717) is 23.0 Å². The van der Waals surface area contributed by atoms with Gasteiger partial charge >= 0.3 is 0 Å². The summed E-state index contributed by atoms with van der Waals surface area (Å²) in [5, 5.41) is 9.94. The molecular weight excluding hydrogens is 426 g/mol. The topological polar surface area (TPSA) is 88.4 Å². The average molecular weight is 460 g/mol. The molecule has 33 heavy (non-hydrogen) atoms. The van der Waals surface area contributed by atoms with Gasteiger partial charge in [0, 0.05) is 18.3 Å². The van der Waals surface area contributed by atoms with Crippen LogP contribution in [0.15, 0.2) is 18.2 Å². The Morgan fingerprint density at radius 1 is 1.06 bits per heavy atom. The molecule has 8 nitrogen and oxygen atoms in total. The van der Waals surface area contributed by atoms with Crippen LogP contribution >= 0.6 is 0 Å². The summed E-state index contributed by atoms with van der Waals surface area (Å²) in [6.07, 6.45) is 1.74. The van der Waals surface area contributed by atoms with Crippen LogP contribution in [-0.2, 0) is 24.0 Å². The predicted molar refractivity (Wildman–Crippen MR) is 116 cm³/mol. The van der Waals surface area contributed by atoms with Crippen molar-refractivity contribution >= 4 is 0 Å². The second-order valence-electron chi connectivity index (χ2n) is 10.0. The number of hydrogen-bond donors (Lipinski definition) is 0. The molecule has 1 saturated carbocycles. The SMILES string of the molecule is COc1ccc(C(C#N)OC2O[C@@H]3O[C@@]4(C)CC[C@H]5[C@H](C)CCC([C@H]2C)C35OO4)cc1OC. The normalized spacial score (nSPS) is 42.5. The van der Waals surface area contributed by atoms with E-state index in [0.717, 1.165) is 25.7 Å². The van der Waals surface area contributed by atoms with E-state index in [2.05, 4.69) is 19.9 Å². The lowest BCUT2D eigenvalue weighted by atomic mass is 9.58. The molecule has 6 rings (SSSR count). The van der Waals surface area contributed by atoms with Crippen molar-refractivity contribution in [2.75, 3.05) is 14.2 Å². The first-order valence-electron chi connectivity index (χ1n) is 11.8. The highest BCUT2D eigenvalue weighted by atomic mass is 17.3. The zero-order valence-corrected chi connectivity index (χ0v) is 19.9. The largest absolute Gasteiger partial charge is 0.493 e. The Labute approximate surface area is 194 Å². The van der Waals surface area contributed by atoms with E-state index in [-0.39, 0.29) is 17.8 Å². The maximum atomic E-state index is 9.94. The molecule has 9 atom stereocenters. The van der Waals surface area contributed by atoms with Crippen molar-refractivity contribution in [3.63, 3.8) is 0 Å². The molecule has 0 amide bonds. The zero-order chi connectivity index (χ0) is 23.4. The van der Waals surface area contributed by atoms with Crippen LogP contribution in [0.2, 0.25) is 0 Å². The summed E-state index contributed by atoms with van der Waals surface area (Å²) in [5.74, 6) is 1.19. The van der Waals surface area contributed by atoms with Crippen molar-refractivity contribution in [2.24, 2.45) is 23.7 Å². The van der Waals surface area contributed by atoms with Crippen LogP contribution in [0.4, 0.5) is 0 Å². The molecule has 1 aromatic rings. The minimum absolute atomic E-state index is 0.0121. The summed E-state index contributed by atoms with van der Waals surface area (Å²) in [5.41, 5.74) is 0.0227. The van der Waals surface area contributed by atoms with Crippen LogP contribution in [0.3, 0.4) is 0 Å². The Morgan fingerprint density at radius 3 is 2.58 bits per heavy atom. The average Bonchev–Trinajstić information content (AvgIpc) is 3.05. The van der Waals surface area contributed by atoms with Crippen LogP contribution in [0.25, 0.3) is 0 Å². The van der Waals surface area contributed by atoms with Gasteiger partial charge < -0.3 is 23.7 Å². The van der Waals surface area contributed by atoms with Crippen molar-refractivity contribution in [1.82, 2.24) is 0 Å². The van der Waals surface area contributed by atoms with Gasteiger partial charge in [0.1, 0.15) is 0 Å². The lowest BCUT2D eigenvalue weighted by Gasteiger charge is -2.60. The van der Waals surface area contributed by atoms with Gasteiger partial charge in [0.05, 0.1) is 20.3 Å². The monoisotopic (exact) mass is 459 g/mol. The van der Waals surface area contributed by atoms with Crippen LogP contribution in [-0.4, -0.2) is 38.2 Å². The molecule has 0 radical (unpaired) electrons. The molecular formula is C25H33NO7. The molecule has 180 valence electrons. The smallest absolute Gasteiger partial charge is 0.201 e. The first kappa shape index (κ1) is 22.9. The van der Waals surface area contributed by atoms with Crippen LogP contribution < -0.4 is 9.47 Å².